The molecule has 2 N–H and O–H groups in total. The summed E-state index contributed by atoms with van der Waals surface area (Å²) in [5.74, 6) is -0.953. The highest BCUT2D eigenvalue weighted by Gasteiger charge is 2.23. The van der Waals surface area contributed by atoms with E-state index in [1.807, 2.05) is 20.8 Å². The molecular formula is C22H22ClFN4O2. The first-order chi connectivity index (χ1) is 14.1. The fourth-order valence-electron chi connectivity index (χ4n) is 2.70. The normalized spacial score (nSPS) is 11.3. The van der Waals surface area contributed by atoms with Crippen molar-refractivity contribution in [2.45, 2.75) is 27.7 Å². The number of nitrogens with one attached hydrogen (secondary N) is 2. The van der Waals surface area contributed by atoms with Crippen LogP contribution in [0.3, 0.4) is 0 Å². The molecule has 0 spiro atoms. The lowest BCUT2D eigenvalue weighted by atomic mass is 9.95. The summed E-state index contributed by atoms with van der Waals surface area (Å²) in [6.45, 7) is 7.12. The predicted octanol–water partition coefficient (Wildman–Crippen LogP) is 5.21. The monoisotopic (exact) mass is 428 g/mol. The molecule has 0 saturated carbocycles. The number of benzene rings is 2. The second kappa shape index (κ2) is 8.28. The van der Waals surface area contributed by atoms with Crippen molar-refractivity contribution in [3.63, 3.8) is 0 Å². The van der Waals surface area contributed by atoms with Crippen LogP contribution in [0, 0.1) is 18.2 Å². The molecule has 30 heavy (non-hydrogen) atoms. The molecule has 0 bridgehead atoms. The number of hydrogen-bond donors (Lipinski definition) is 2. The van der Waals surface area contributed by atoms with Gasteiger partial charge in [-0.25, -0.2) is 9.07 Å². The van der Waals surface area contributed by atoms with Crippen molar-refractivity contribution < 1.29 is 14.0 Å². The first-order valence-corrected chi connectivity index (χ1v) is 9.68. The fraction of sp³-hybridized carbons (Fsp3) is 0.227. The molecular weight excluding hydrogens is 407 g/mol. The largest absolute Gasteiger partial charge is 0.326 e. The molecule has 8 heteroatoms. The molecule has 1 aromatic heterocycles. The fourth-order valence-corrected chi connectivity index (χ4v) is 3.06. The standard InChI is InChI=1S/C22H22ClFN4O2/c1-13-18(19(23)28(27-13)17-10-8-14(24)9-11-17)20(29)25-15-6-5-7-16(12-15)26-21(30)22(2,3)4/h5-12H,1-4H3,(H,25,29)(H,26,30). The van der Waals surface area contributed by atoms with Gasteiger partial charge in [-0.05, 0) is 49.4 Å². The topological polar surface area (TPSA) is 76.0 Å². The molecule has 0 saturated heterocycles. The number of amides is 2. The van der Waals surface area contributed by atoms with Gasteiger partial charge in [-0.3, -0.25) is 9.59 Å². The number of rotatable bonds is 4. The Balaban J connectivity index is 1.82. The van der Waals surface area contributed by atoms with Crippen molar-refractivity contribution in [2.24, 2.45) is 5.41 Å². The van der Waals surface area contributed by atoms with Gasteiger partial charge in [-0.2, -0.15) is 5.10 Å². The Morgan fingerprint density at radius 2 is 1.63 bits per heavy atom. The number of aromatic nitrogens is 2. The minimum absolute atomic E-state index is 0.119. The van der Waals surface area contributed by atoms with E-state index >= 15 is 0 Å². The number of carbonyl (C=O) groups excluding carboxylic acids is 2. The molecule has 0 aliphatic heterocycles. The van der Waals surface area contributed by atoms with Crippen LogP contribution >= 0.6 is 11.6 Å². The van der Waals surface area contributed by atoms with E-state index in [2.05, 4.69) is 15.7 Å². The van der Waals surface area contributed by atoms with Gasteiger partial charge in [-0.1, -0.05) is 38.4 Å². The van der Waals surface area contributed by atoms with Crippen LogP contribution < -0.4 is 10.6 Å². The molecule has 2 amide bonds. The van der Waals surface area contributed by atoms with E-state index in [0.717, 1.165) is 0 Å². The Morgan fingerprint density at radius 1 is 1.03 bits per heavy atom. The van der Waals surface area contributed by atoms with Gasteiger partial charge in [0.15, 0.2) is 0 Å². The number of aryl methyl sites for hydroxylation is 1. The number of halogens is 2. The lowest BCUT2D eigenvalue weighted by Crippen LogP contribution is -2.27. The van der Waals surface area contributed by atoms with Crippen molar-refractivity contribution in [3.05, 3.63) is 70.8 Å². The zero-order valence-electron chi connectivity index (χ0n) is 17.1. The zero-order valence-corrected chi connectivity index (χ0v) is 17.8. The first kappa shape index (κ1) is 21.5. The van der Waals surface area contributed by atoms with Crippen LogP contribution in [0.4, 0.5) is 15.8 Å². The minimum Gasteiger partial charge on any atom is -0.326 e. The Labute approximate surface area is 179 Å². The summed E-state index contributed by atoms with van der Waals surface area (Å²) < 4.78 is 14.6. The molecule has 1 heterocycles. The van der Waals surface area contributed by atoms with Crippen molar-refractivity contribution in [2.75, 3.05) is 10.6 Å². The van der Waals surface area contributed by atoms with E-state index in [-0.39, 0.29) is 22.4 Å². The molecule has 6 nitrogen and oxygen atoms in total. The van der Waals surface area contributed by atoms with Gasteiger partial charge in [0, 0.05) is 16.8 Å². The van der Waals surface area contributed by atoms with Gasteiger partial charge >= 0.3 is 0 Å². The van der Waals surface area contributed by atoms with E-state index in [9.17, 15) is 14.0 Å². The smallest absolute Gasteiger partial charge is 0.260 e. The lowest BCUT2D eigenvalue weighted by Gasteiger charge is -2.18. The van der Waals surface area contributed by atoms with Crippen LogP contribution in [0.2, 0.25) is 5.15 Å². The highest BCUT2D eigenvalue weighted by atomic mass is 35.5. The van der Waals surface area contributed by atoms with Gasteiger partial charge < -0.3 is 10.6 Å². The molecule has 0 unspecified atom stereocenters. The molecule has 0 radical (unpaired) electrons. The molecule has 0 atom stereocenters. The maximum absolute atomic E-state index is 13.2. The summed E-state index contributed by atoms with van der Waals surface area (Å²) in [5, 5.41) is 10.0. The summed E-state index contributed by atoms with van der Waals surface area (Å²) in [6.07, 6.45) is 0. The van der Waals surface area contributed by atoms with E-state index in [1.54, 1.807) is 31.2 Å². The number of hydrogen-bond acceptors (Lipinski definition) is 3. The second-order valence-corrected chi connectivity index (χ2v) is 8.24. The first-order valence-electron chi connectivity index (χ1n) is 9.30. The highest BCUT2D eigenvalue weighted by molar-refractivity contribution is 6.34. The molecule has 3 rings (SSSR count). The Morgan fingerprint density at radius 3 is 2.23 bits per heavy atom. The summed E-state index contributed by atoms with van der Waals surface area (Å²) in [6, 6.07) is 12.5. The maximum atomic E-state index is 13.2. The van der Waals surface area contributed by atoms with Crippen molar-refractivity contribution in [3.8, 4) is 5.69 Å². The average molecular weight is 429 g/mol. The van der Waals surface area contributed by atoms with Gasteiger partial charge in [0.05, 0.1) is 11.4 Å². The van der Waals surface area contributed by atoms with Gasteiger partial charge in [0.1, 0.15) is 16.5 Å². The minimum atomic E-state index is -0.543. The maximum Gasteiger partial charge on any atom is 0.260 e. The van der Waals surface area contributed by atoms with Crippen LogP contribution in [0.25, 0.3) is 5.69 Å². The third-order valence-electron chi connectivity index (χ3n) is 4.36. The molecule has 156 valence electrons. The SMILES string of the molecule is Cc1nn(-c2ccc(F)cc2)c(Cl)c1C(=O)Nc1cccc(NC(=O)C(C)(C)C)c1. The van der Waals surface area contributed by atoms with Crippen LogP contribution in [0.15, 0.2) is 48.5 Å². The molecule has 0 fully saturated rings. The zero-order chi connectivity index (χ0) is 22.1. The molecule has 0 aliphatic rings. The van der Waals surface area contributed by atoms with Crippen LogP contribution in [0.1, 0.15) is 36.8 Å². The predicted molar refractivity (Wildman–Crippen MR) is 116 cm³/mol. The summed E-state index contributed by atoms with van der Waals surface area (Å²) in [7, 11) is 0. The molecule has 3 aromatic rings. The van der Waals surface area contributed by atoms with E-state index in [0.29, 0.717) is 22.8 Å². The number of carbonyl (C=O) groups is 2. The lowest BCUT2D eigenvalue weighted by molar-refractivity contribution is -0.123. The molecule has 0 aliphatic carbocycles. The van der Waals surface area contributed by atoms with E-state index < -0.39 is 11.3 Å². The van der Waals surface area contributed by atoms with Crippen LogP contribution in [-0.2, 0) is 4.79 Å². The Bertz CT molecular complexity index is 1100. The summed E-state index contributed by atoms with van der Waals surface area (Å²) in [4.78, 5) is 25.0. The van der Waals surface area contributed by atoms with E-state index in [1.165, 1.54) is 28.9 Å². The van der Waals surface area contributed by atoms with Crippen molar-refractivity contribution >= 4 is 34.8 Å². The molecule has 2 aromatic carbocycles. The average Bonchev–Trinajstić information content (AvgIpc) is 2.96. The van der Waals surface area contributed by atoms with Gasteiger partial charge in [-0.15, -0.1) is 0 Å². The Hall–Kier alpha value is -3.19. The third-order valence-corrected chi connectivity index (χ3v) is 4.71. The summed E-state index contributed by atoms with van der Waals surface area (Å²) >= 11 is 6.40. The number of anilines is 2. The van der Waals surface area contributed by atoms with Crippen molar-refractivity contribution in [1.29, 1.82) is 0 Å². The van der Waals surface area contributed by atoms with Crippen molar-refractivity contribution in [1.82, 2.24) is 9.78 Å². The van der Waals surface area contributed by atoms with E-state index in [4.69, 9.17) is 11.6 Å². The summed E-state index contributed by atoms with van der Waals surface area (Å²) in [5.41, 5.74) is 1.70. The highest BCUT2D eigenvalue weighted by Crippen LogP contribution is 2.26. The van der Waals surface area contributed by atoms with Crippen LogP contribution in [-0.4, -0.2) is 21.6 Å². The van der Waals surface area contributed by atoms with Gasteiger partial charge in [0.2, 0.25) is 5.91 Å². The second-order valence-electron chi connectivity index (χ2n) is 7.88. The van der Waals surface area contributed by atoms with Crippen LogP contribution in [0.5, 0.6) is 0 Å². The quantitative estimate of drug-likeness (QED) is 0.598. The Kier molecular flexibility index (Phi) is 5.94. The van der Waals surface area contributed by atoms with Gasteiger partial charge in [0.25, 0.3) is 5.91 Å². The third kappa shape index (κ3) is 4.68. The number of nitrogens with zero attached hydrogens (tertiary/aromatic N) is 2.